The van der Waals surface area contributed by atoms with Crippen molar-refractivity contribution in [3.63, 3.8) is 0 Å². The van der Waals surface area contributed by atoms with Crippen LogP contribution in [-0.2, 0) is 0 Å². The first kappa shape index (κ1) is 12.7. The van der Waals surface area contributed by atoms with Crippen molar-refractivity contribution in [2.24, 2.45) is 11.8 Å². The van der Waals surface area contributed by atoms with Crippen molar-refractivity contribution in [3.8, 4) is 0 Å². The zero-order chi connectivity index (χ0) is 10.1. The Morgan fingerprint density at radius 1 is 1.31 bits per heavy atom. The highest BCUT2D eigenvalue weighted by Crippen LogP contribution is 2.17. The van der Waals surface area contributed by atoms with Crippen LogP contribution in [0.1, 0.15) is 40.0 Å². The quantitative estimate of drug-likeness (QED) is 0.450. The normalized spacial score (nSPS) is 15.3. The van der Waals surface area contributed by atoms with Gasteiger partial charge in [0.2, 0.25) is 0 Å². The van der Waals surface area contributed by atoms with Crippen LogP contribution in [0.2, 0.25) is 0 Å². The summed E-state index contributed by atoms with van der Waals surface area (Å²) < 4.78 is 0. The number of allylic oxidation sites excluding steroid dienone is 1. The van der Waals surface area contributed by atoms with E-state index in [0.29, 0.717) is 0 Å². The fourth-order valence-corrected chi connectivity index (χ4v) is 1.44. The van der Waals surface area contributed by atoms with Gasteiger partial charge in [0.05, 0.1) is 0 Å². The monoisotopic (exact) mass is 183 g/mol. The minimum Gasteiger partial charge on any atom is -0.317 e. The predicted molar refractivity (Wildman–Crippen MR) is 60.9 cm³/mol. The lowest BCUT2D eigenvalue weighted by Crippen LogP contribution is -2.24. The van der Waals surface area contributed by atoms with Gasteiger partial charge in [0.15, 0.2) is 0 Å². The zero-order valence-electron chi connectivity index (χ0n) is 9.47. The summed E-state index contributed by atoms with van der Waals surface area (Å²) in [5, 5.41) is 3.40. The van der Waals surface area contributed by atoms with E-state index < -0.39 is 0 Å². The highest BCUT2D eigenvalue weighted by atomic mass is 14.8. The molecule has 78 valence electrons. The van der Waals surface area contributed by atoms with Crippen molar-refractivity contribution < 1.29 is 0 Å². The smallest absolute Gasteiger partial charge is 0.00207 e. The number of unbranched alkanes of at least 4 members (excludes halogenated alkanes) is 1. The summed E-state index contributed by atoms with van der Waals surface area (Å²) in [6, 6.07) is 0. The molecule has 0 spiro atoms. The van der Waals surface area contributed by atoms with Crippen LogP contribution >= 0.6 is 0 Å². The molecule has 0 saturated carbocycles. The summed E-state index contributed by atoms with van der Waals surface area (Å²) in [5.41, 5.74) is 0. The number of hydrogen-bond acceptors (Lipinski definition) is 1. The van der Waals surface area contributed by atoms with Gasteiger partial charge in [0, 0.05) is 0 Å². The van der Waals surface area contributed by atoms with Gasteiger partial charge in [-0.15, -0.1) is 6.58 Å². The van der Waals surface area contributed by atoms with E-state index in [9.17, 15) is 0 Å². The molecule has 1 heteroatoms. The second-order valence-electron chi connectivity index (χ2n) is 3.98. The van der Waals surface area contributed by atoms with Crippen LogP contribution in [-0.4, -0.2) is 13.1 Å². The van der Waals surface area contributed by atoms with Gasteiger partial charge >= 0.3 is 0 Å². The summed E-state index contributed by atoms with van der Waals surface area (Å²) in [6.45, 7) is 12.8. The average molecular weight is 183 g/mol. The molecule has 2 atom stereocenters. The van der Waals surface area contributed by atoms with E-state index >= 15 is 0 Å². The lowest BCUT2D eigenvalue weighted by molar-refractivity contribution is 0.344. The maximum atomic E-state index is 3.74. The van der Waals surface area contributed by atoms with E-state index in [4.69, 9.17) is 0 Å². The van der Waals surface area contributed by atoms with Crippen molar-refractivity contribution in [3.05, 3.63) is 12.7 Å². The topological polar surface area (TPSA) is 12.0 Å². The molecule has 0 heterocycles. The van der Waals surface area contributed by atoms with Crippen LogP contribution in [0, 0.1) is 11.8 Å². The molecule has 0 radical (unpaired) electrons. The zero-order valence-corrected chi connectivity index (χ0v) is 9.47. The lowest BCUT2D eigenvalue weighted by Gasteiger charge is -2.19. The molecule has 0 fully saturated rings. The molecule has 0 aromatic carbocycles. The number of rotatable bonds is 8. The van der Waals surface area contributed by atoms with E-state index in [1.54, 1.807) is 0 Å². The minimum atomic E-state index is 0.796. The van der Waals surface area contributed by atoms with Crippen LogP contribution in [0.3, 0.4) is 0 Å². The van der Waals surface area contributed by atoms with Crippen molar-refractivity contribution in [2.75, 3.05) is 13.1 Å². The minimum absolute atomic E-state index is 0.796. The Bertz CT molecular complexity index is 120. The Morgan fingerprint density at radius 2 is 2.00 bits per heavy atom. The molecule has 0 aliphatic carbocycles. The maximum absolute atomic E-state index is 3.74. The van der Waals surface area contributed by atoms with Gasteiger partial charge < -0.3 is 5.32 Å². The first-order valence-electron chi connectivity index (χ1n) is 5.54. The van der Waals surface area contributed by atoms with Gasteiger partial charge in [0.1, 0.15) is 0 Å². The molecule has 0 aromatic rings. The second-order valence-corrected chi connectivity index (χ2v) is 3.98. The fraction of sp³-hybridized carbons (Fsp3) is 0.833. The Kier molecular flexibility index (Phi) is 8.11. The second kappa shape index (κ2) is 8.31. The van der Waals surface area contributed by atoms with Crippen LogP contribution < -0.4 is 5.32 Å². The van der Waals surface area contributed by atoms with Crippen molar-refractivity contribution in [1.82, 2.24) is 5.32 Å². The predicted octanol–water partition coefficient (Wildman–Crippen LogP) is 3.22. The highest BCUT2D eigenvalue weighted by molar-refractivity contribution is 4.69. The summed E-state index contributed by atoms with van der Waals surface area (Å²) >= 11 is 0. The van der Waals surface area contributed by atoms with Crippen molar-refractivity contribution in [1.29, 1.82) is 0 Å². The first-order chi connectivity index (χ1) is 6.22. The van der Waals surface area contributed by atoms with Crippen LogP contribution in [0.25, 0.3) is 0 Å². The Balaban J connectivity index is 3.43. The number of nitrogens with one attached hydrogen (secondary N) is 1. The van der Waals surface area contributed by atoms with E-state index in [0.717, 1.165) is 31.3 Å². The van der Waals surface area contributed by atoms with Crippen molar-refractivity contribution in [2.45, 2.75) is 40.0 Å². The van der Waals surface area contributed by atoms with Gasteiger partial charge in [-0.1, -0.05) is 33.3 Å². The molecule has 1 N–H and O–H groups in total. The van der Waals surface area contributed by atoms with Gasteiger partial charge in [-0.3, -0.25) is 0 Å². The molecular weight excluding hydrogens is 158 g/mol. The molecule has 0 aromatic heterocycles. The maximum Gasteiger partial charge on any atom is -0.00207 e. The summed E-state index contributed by atoms with van der Waals surface area (Å²) in [4.78, 5) is 0. The van der Waals surface area contributed by atoms with Crippen molar-refractivity contribution >= 4 is 0 Å². The molecule has 0 aliphatic heterocycles. The average Bonchev–Trinajstić information content (AvgIpc) is 2.14. The Labute approximate surface area is 83.6 Å². The molecule has 2 unspecified atom stereocenters. The number of hydrogen-bond donors (Lipinski definition) is 1. The van der Waals surface area contributed by atoms with E-state index in [1.165, 1.54) is 12.8 Å². The van der Waals surface area contributed by atoms with Crippen LogP contribution in [0.4, 0.5) is 0 Å². The molecule has 0 aliphatic rings. The molecule has 0 amide bonds. The van der Waals surface area contributed by atoms with E-state index in [2.05, 4.69) is 32.7 Å². The van der Waals surface area contributed by atoms with E-state index in [1.807, 2.05) is 6.08 Å². The highest BCUT2D eigenvalue weighted by Gasteiger charge is 2.10. The third-order valence-electron chi connectivity index (χ3n) is 2.76. The summed E-state index contributed by atoms with van der Waals surface area (Å²) in [5.74, 6) is 1.63. The first-order valence-corrected chi connectivity index (χ1v) is 5.54. The van der Waals surface area contributed by atoms with Gasteiger partial charge in [0.25, 0.3) is 0 Å². The lowest BCUT2D eigenvalue weighted by atomic mass is 9.91. The standard InChI is InChI=1S/C12H25N/c1-5-7-8-9-11(3)12(4)10-13-6-2/h5,11-13H,1,6-10H2,2-4H3. The summed E-state index contributed by atoms with van der Waals surface area (Å²) in [7, 11) is 0. The van der Waals surface area contributed by atoms with Gasteiger partial charge in [-0.2, -0.15) is 0 Å². The third-order valence-corrected chi connectivity index (χ3v) is 2.76. The fourth-order valence-electron chi connectivity index (χ4n) is 1.44. The van der Waals surface area contributed by atoms with Gasteiger partial charge in [-0.25, -0.2) is 0 Å². The van der Waals surface area contributed by atoms with Crippen LogP contribution in [0.5, 0.6) is 0 Å². The molecule has 0 bridgehead atoms. The SMILES string of the molecule is C=CCCCC(C)C(C)CNCC. The molecule has 13 heavy (non-hydrogen) atoms. The van der Waals surface area contributed by atoms with Crippen LogP contribution in [0.15, 0.2) is 12.7 Å². The van der Waals surface area contributed by atoms with Gasteiger partial charge in [-0.05, 0) is 37.8 Å². The van der Waals surface area contributed by atoms with E-state index in [-0.39, 0.29) is 0 Å². The summed E-state index contributed by atoms with van der Waals surface area (Å²) in [6.07, 6.45) is 5.81. The molecule has 0 rings (SSSR count). The Morgan fingerprint density at radius 3 is 2.54 bits per heavy atom. The third kappa shape index (κ3) is 6.83. The molecule has 1 nitrogen and oxygen atoms in total. The molecular formula is C12H25N. The molecule has 0 saturated heterocycles. The largest absolute Gasteiger partial charge is 0.317 e. The Hall–Kier alpha value is -0.300.